The van der Waals surface area contributed by atoms with Crippen molar-refractivity contribution < 1.29 is 0 Å². The number of nitrogens with zero attached hydrogens (tertiary/aromatic N) is 3. The number of imidazole rings is 1. The molecule has 0 unspecified atom stereocenters. The third-order valence-electron chi connectivity index (χ3n) is 2.36. The summed E-state index contributed by atoms with van der Waals surface area (Å²) in [4.78, 5) is 8.48. The second kappa shape index (κ2) is 4.07. The van der Waals surface area contributed by atoms with Gasteiger partial charge in [-0.1, -0.05) is 17.7 Å². The highest BCUT2D eigenvalue weighted by atomic mass is 35.5. The predicted octanol–water partition coefficient (Wildman–Crippen LogP) is 3.13. The zero-order valence-corrected chi connectivity index (χ0v) is 9.59. The summed E-state index contributed by atoms with van der Waals surface area (Å²) in [5.74, 6) is 1.41. The number of benzene rings is 1. The van der Waals surface area contributed by atoms with Gasteiger partial charge in [-0.15, -0.1) is 0 Å². The molecule has 0 saturated carbocycles. The summed E-state index contributed by atoms with van der Waals surface area (Å²) in [7, 11) is 0. The Bertz CT molecular complexity index is 662. The van der Waals surface area contributed by atoms with Crippen LogP contribution in [0.1, 0.15) is 0 Å². The maximum absolute atomic E-state index is 5.91. The van der Waals surface area contributed by atoms with E-state index >= 15 is 0 Å². The minimum absolute atomic E-state index is 0.664. The lowest BCUT2D eigenvalue weighted by Gasteiger charge is -2.05. The van der Waals surface area contributed by atoms with Gasteiger partial charge in [0.05, 0.1) is 0 Å². The highest BCUT2D eigenvalue weighted by molar-refractivity contribution is 6.30. The summed E-state index contributed by atoms with van der Waals surface area (Å²) >= 11 is 5.91. The van der Waals surface area contributed by atoms with E-state index in [0.29, 0.717) is 10.8 Å². The first kappa shape index (κ1) is 10.1. The smallest absolute Gasteiger partial charge is 0.235 e. The fourth-order valence-electron chi connectivity index (χ4n) is 1.59. The Morgan fingerprint density at radius 1 is 1.18 bits per heavy atom. The van der Waals surface area contributed by atoms with E-state index in [4.69, 9.17) is 11.6 Å². The molecule has 2 aromatic heterocycles. The topological polar surface area (TPSA) is 42.2 Å². The van der Waals surface area contributed by atoms with Crippen LogP contribution in [-0.2, 0) is 0 Å². The molecule has 84 valence electrons. The molecule has 0 aliphatic rings. The summed E-state index contributed by atoms with van der Waals surface area (Å²) in [6.07, 6.45) is 5.47. The van der Waals surface area contributed by atoms with Gasteiger partial charge in [0.1, 0.15) is 5.82 Å². The van der Waals surface area contributed by atoms with Crippen molar-refractivity contribution in [1.82, 2.24) is 14.4 Å². The lowest BCUT2D eigenvalue weighted by Crippen LogP contribution is -1.96. The minimum Gasteiger partial charge on any atom is -0.340 e. The zero-order valence-electron chi connectivity index (χ0n) is 8.84. The average Bonchev–Trinajstić information content (AvgIpc) is 2.76. The number of hydrogen-bond donors (Lipinski definition) is 1. The van der Waals surface area contributed by atoms with Crippen molar-refractivity contribution in [3.8, 4) is 0 Å². The molecule has 0 fully saturated rings. The fraction of sp³-hybridized carbons (Fsp3) is 0. The molecule has 0 amide bonds. The first-order valence-corrected chi connectivity index (χ1v) is 5.51. The average molecular weight is 245 g/mol. The maximum atomic E-state index is 5.91. The number of halogens is 1. The van der Waals surface area contributed by atoms with Gasteiger partial charge < -0.3 is 5.32 Å². The highest BCUT2D eigenvalue weighted by Gasteiger charge is 1.99. The molecule has 17 heavy (non-hydrogen) atoms. The second-order valence-electron chi connectivity index (χ2n) is 3.58. The largest absolute Gasteiger partial charge is 0.340 e. The standard InChI is InChI=1S/C12H9ClN4/c13-9-2-1-3-10(8-9)15-11-4-6-17-7-5-14-12(17)16-11/h1-8H,(H,14,15,16). The van der Waals surface area contributed by atoms with Crippen LogP contribution in [0.5, 0.6) is 0 Å². The van der Waals surface area contributed by atoms with Gasteiger partial charge in [0, 0.05) is 29.3 Å². The van der Waals surface area contributed by atoms with Gasteiger partial charge in [0.25, 0.3) is 0 Å². The van der Waals surface area contributed by atoms with Gasteiger partial charge in [-0.3, -0.25) is 4.40 Å². The van der Waals surface area contributed by atoms with Crippen LogP contribution in [0, 0.1) is 0 Å². The van der Waals surface area contributed by atoms with Crippen LogP contribution in [0.2, 0.25) is 5.02 Å². The maximum Gasteiger partial charge on any atom is 0.235 e. The van der Waals surface area contributed by atoms with Crippen molar-refractivity contribution in [2.24, 2.45) is 0 Å². The lowest BCUT2D eigenvalue weighted by atomic mass is 10.3. The Labute approximate surface area is 103 Å². The van der Waals surface area contributed by atoms with E-state index in [9.17, 15) is 0 Å². The summed E-state index contributed by atoms with van der Waals surface area (Å²) in [5, 5.41) is 3.87. The molecule has 1 N–H and O–H groups in total. The number of hydrogen-bond acceptors (Lipinski definition) is 3. The van der Waals surface area contributed by atoms with Crippen LogP contribution >= 0.6 is 11.6 Å². The molecule has 2 heterocycles. The van der Waals surface area contributed by atoms with Crippen LogP contribution in [-0.4, -0.2) is 14.4 Å². The van der Waals surface area contributed by atoms with Crippen LogP contribution < -0.4 is 5.32 Å². The van der Waals surface area contributed by atoms with Crippen molar-refractivity contribution in [3.63, 3.8) is 0 Å². The third kappa shape index (κ3) is 2.07. The molecule has 5 heteroatoms. The van der Waals surface area contributed by atoms with E-state index < -0.39 is 0 Å². The van der Waals surface area contributed by atoms with Crippen molar-refractivity contribution in [2.45, 2.75) is 0 Å². The van der Waals surface area contributed by atoms with Gasteiger partial charge in [0.15, 0.2) is 0 Å². The summed E-state index contributed by atoms with van der Waals surface area (Å²) in [6, 6.07) is 9.38. The van der Waals surface area contributed by atoms with Crippen molar-refractivity contribution in [1.29, 1.82) is 0 Å². The van der Waals surface area contributed by atoms with E-state index in [2.05, 4.69) is 15.3 Å². The highest BCUT2D eigenvalue weighted by Crippen LogP contribution is 2.18. The third-order valence-corrected chi connectivity index (χ3v) is 2.59. The minimum atomic E-state index is 0.664. The summed E-state index contributed by atoms with van der Waals surface area (Å²) in [6.45, 7) is 0. The first-order chi connectivity index (χ1) is 8.31. The Balaban J connectivity index is 1.94. The number of nitrogens with one attached hydrogen (secondary N) is 1. The lowest BCUT2D eigenvalue weighted by molar-refractivity contribution is 1.11. The quantitative estimate of drug-likeness (QED) is 0.753. The molecule has 0 aliphatic carbocycles. The van der Waals surface area contributed by atoms with Gasteiger partial charge in [-0.05, 0) is 24.3 Å². The Hall–Kier alpha value is -2.07. The van der Waals surface area contributed by atoms with Crippen LogP contribution in [0.15, 0.2) is 48.9 Å². The van der Waals surface area contributed by atoms with E-state index in [1.165, 1.54) is 0 Å². The summed E-state index contributed by atoms with van der Waals surface area (Å²) in [5.41, 5.74) is 0.904. The van der Waals surface area contributed by atoms with E-state index in [1.807, 2.05) is 47.1 Å². The molecule has 0 bridgehead atoms. The molecule has 0 aliphatic heterocycles. The number of fused-ring (bicyclic) bond motifs is 1. The molecule has 0 saturated heterocycles. The Morgan fingerprint density at radius 3 is 3.00 bits per heavy atom. The normalized spacial score (nSPS) is 10.6. The molecule has 0 atom stereocenters. The van der Waals surface area contributed by atoms with E-state index in [-0.39, 0.29) is 0 Å². The first-order valence-electron chi connectivity index (χ1n) is 5.13. The molecule has 0 spiro atoms. The molecular weight excluding hydrogens is 236 g/mol. The summed E-state index contributed by atoms with van der Waals surface area (Å²) < 4.78 is 1.85. The van der Waals surface area contributed by atoms with Gasteiger partial charge in [-0.25, -0.2) is 4.98 Å². The van der Waals surface area contributed by atoms with Gasteiger partial charge in [-0.2, -0.15) is 4.98 Å². The SMILES string of the molecule is Clc1cccc(Nc2ccn3ccnc3n2)c1. The Kier molecular flexibility index (Phi) is 2.42. The fourth-order valence-corrected chi connectivity index (χ4v) is 1.78. The van der Waals surface area contributed by atoms with E-state index in [0.717, 1.165) is 11.5 Å². The van der Waals surface area contributed by atoms with Crippen molar-refractivity contribution in [2.75, 3.05) is 5.32 Å². The van der Waals surface area contributed by atoms with Crippen molar-refractivity contribution >= 4 is 28.9 Å². The van der Waals surface area contributed by atoms with Crippen LogP contribution in [0.25, 0.3) is 5.78 Å². The molecule has 3 rings (SSSR count). The number of aromatic nitrogens is 3. The molecule has 4 nitrogen and oxygen atoms in total. The van der Waals surface area contributed by atoms with Crippen LogP contribution in [0.4, 0.5) is 11.5 Å². The van der Waals surface area contributed by atoms with Crippen LogP contribution in [0.3, 0.4) is 0 Å². The van der Waals surface area contributed by atoms with Gasteiger partial charge >= 0.3 is 0 Å². The number of rotatable bonds is 2. The molecular formula is C12H9ClN4. The van der Waals surface area contributed by atoms with Crippen molar-refractivity contribution in [3.05, 3.63) is 53.9 Å². The zero-order chi connectivity index (χ0) is 11.7. The second-order valence-corrected chi connectivity index (χ2v) is 4.02. The Morgan fingerprint density at radius 2 is 2.12 bits per heavy atom. The molecule has 0 radical (unpaired) electrons. The van der Waals surface area contributed by atoms with E-state index in [1.54, 1.807) is 6.20 Å². The molecule has 1 aromatic carbocycles. The predicted molar refractivity (Wildman–Crippen MR) is 67.7 cm³/mol. The monoisotopic (exact) mass is 244 g/mol. The molecule has 3 aromatic rings. The van der Waals surface area contributed by atoms with Gasteiger partial charge in [0.2, 0.25) is 5.78 Å². The number of anilines is 2.